The van der Waals surface area contributed by atoms with Crippen LogP contribution in [-0.4, -0.2) is 60.6 Å². The first-order chi connectivity index (χ1) is 18.2. The summed E-state index contributed by atoms with van der Waals surface area (Å²) in [7, 11) is -2.52. The Hall–Kier alpha value is -0.0262. The molecule has 5 rings (SSSR count). The van der Waals surface area contributed by atoms with E-state index in [4.69, 9.17) is 23.1 Å². The van der Waals surface area contributed by atoms with Crippen LogP contribution >= 0.6 is 0 Å². The first kappa shape index (κ1) is 31.4. The largest absolute Gasteiger partial charge is 0.411 e. The van der Waals surface area contributed by atoms with Gasteiger partial charge >= 0.3 is 0 Å². The van der Waals surface area contributed by atoms with Crippen molar-refractivity contribution in [2.45, 2.75) is 154 Å². The summed E-state index contributed by atoms with van der Waals surface area (Å²) < 4.78 is 35.4. The van der Waals surface area contributed by atoms with Gasteiger partial charge in [-0.1, -0.05) is 60.1 Å². The van der Waals surface area contributed by atoms with E-state index >= 15 is 0 Å². The molecule has 0 aromatic rings. The van der Waals surface area contributed by atoms with Crippen LogP contribution in [0.3, 0.4) is 0 Å². The summed E-state index contributed by atoms with van der Waals surface area (Å²) in [6.07, 6.45) is 6.48. The van der Waals surface area contributed by atoms with Gasteiger partial charge in [-0.05, 0) is 80.7 Å². The van der Waals surface area contributed by atoms with Gasteiger partial charge in [-0.2, -0.15) is 0 Å². The molecule has 10 atom stereocenters. The Morgan fingerprint density at radius 3 is 2.10 bits per heavy atom. The molecule has 1 spiro atoms. The normalized spacial score (nSPS) is 45.5. The van der Waals surface area contributed by atoms with Crippen molar-refractivity contribution in [3.8, 4) is 0 Å². The molecule has 230 valence electrons. The third-order valence-electron chi connectivity index (χ3n) is 13.5. The van der Waals surface area contributed by atoms with Crippen LogP contribution in [0.2, 0.25) is 36.3 Å². The molecule has 2 saturated heterocycles. The zero-order chi connectivity index (χ0) is 29.9. The molecule has 0 aromatic heterocycles. The van der Waals surface area contributed by atoms with Crippen molar-refractivity contribution in [1.29, 1.82) is 0 Å². The molecule has 0 amide bonds. The SMILES string of the molecule is CO[C@@H]1C[C@H]2[C@]3(C)OC[C@@]24[C@H]([C@@H](O[Si](C)(C)C(C)(C)C)[C@@H]3O[Si](C)(C)C(C)(C)C)[C@@]2(C)CCC=C(C)[C@@H]2C[C@H]4O1. The van der Waals surface area contributed by atoms with Crippen LogP contribution in [0.5, 0.6) is 0 Å². The summed E-state index contributed by atoms with van der Waals surface area (Å²) in [6, 6.07) is 0. The summed E-state index contributed by atoms with van der Waals surface area (Å²) in [4.78, 5) is 0. The van der Waals surface area contributed by atoms with Gasteiger partial charge in [0.15, 0.2) is 22.9 Å². The highest BCUT2D eigenvalue weighted by atomic mass is 28.4. The molecule has 40 heavy (non-hydrogen) atoms. The Labute approximate surface area is 247 Å². The molecule has 2 bridgehead atoms. The fraction of sp³-hybridized carbons (Fsp3) is 0.939. The van der Waals surface area contributed by atoms with Gasteiger partial charge in [-0.3, -0.25) is 0 Å². The van der Waals surface area contributed by atoms with E-state index in [1.165, 1.54) is 12.0 Å². The summed E-state index contributed by atoms with van der Waals surface area (Å²) >= 11 is 0. The minimum Gasteiger partial charge on any atom is -0.411 e. The van der Waals surface area contributed by atoms with Crippen molar-refractivity contribution >= 4 is 16.6 Å². The molecule has 0 radical (unpaired) electrons. The number of ether oxygens (including phenoxy) is 3. The second-order valence-corrected chi connectivity index (χ2v) is 27.1. The maximum Gasteiger partial charge on any atom is 0.192 e. The molecule has 0 unspecified atom stereocenters. The Balaban J connectivity index is 1.75. The predicted molar refractivity (Wildman–Crippen MR) is 167 cm³/mol. The summed E-state index contributed by atoms with van der Waals surface area (Å²) in [5.74, 6) is 1.09. The number of fused-ring (bicyclic) bond motifs is 2. The number of hydrogen-bond acceptors (Lipinski definition) is 5. The summed E-state index contributed by atoms with van der Waals surface area (Å²) in [5.41, 5.74) is 1.10. The van der Waals surface area contributed by atoms with Gasteiger partial charge in [0.05, 0.1) is 30.5 Å². The van der Waals surface area contributed by atoms with Crippen molar-refractivity contribution < 1.29 is 23.1 Å². The van der Waals surface area contributed by atoms with Crippen molar-refractivity contribution in [3.05, 3.63) is 11.6 Å². The predicted octanol–water partition coefficient (Wildman–Crippen LogP) is 8.32. The molecule has 5 nitrogen and oxygen atoms in total. The third-order valence-corrected chi connectivity index (χ3v) is 22.4. The first-order valence-corrected chi connectivity index (χ1v) is 21.8. The fourth-order valence-corrected chi connectivity index (χ4v) is 11.8. The van der Waals surface area contributed by atoms with Gasteiger partial charge in [0.25, 0.3) is 0 Å². The maximum atomic E-state index is 7.74. The van der Waals surface area contributed by atoms with Crippen molar-refractivity contribution in [3.63, 3.8) is 0 Å². The van der Waals surface area contributed by atoms with E-state index in [1.54, 1.807) is 7.11 Å². The van der Waals surface area contributed by atoms with Gasteiger partial charge in [0.1, 0.15) is 0 Å². The minimum atomic E-state index is -2.17. The van der Waals surface area contributed by atoms with E-state index in [0.29, 0.717) is 17.8 Å². The number of rotatable bonds is 5. The van der Waals surface area contributed by atoms with Crippen molar-refractivity contribution in [2.75, 3.05) is 13.7 Å². The lowest BCUT2D eigenvalue weighted by molar-refractivity contribution is -0.318. The van der Waals surface area contributed by atoms with Crippen LogP contribution in [0, 0.1) is 28.6 Å². The molecule has 0 N–H and O–H groups in total. The second-order valence-electron chi connectivity index (χ2n) is 17.6. The lowest BCUT2D eigenvalue weighted by Crippen LogP contribution is -2.76. The van der Waals surface area contributed by atoms with Gasteiger partial charge in [-0.15, -0.1) is 0 Å². The van der Waals surface area contributed by atoms with E-state index in [0.717, 1.165) is 25.9 Å². The molecule has 3 aliphatic carbocycles. The van der Waals surface area contributed by atoms with Gasteiger partial charge in [0.2, 0.25) is 0 Å². The lowest BCUT2D eigenvalue weighted by Gasteiger charge is -2.70. The first-order valence-electron chi connectivity index (χ1n) is 16.0. The number of allylic oxidation sites excluding steroid dienone is 2. The van der Waals surface area contributed by atoms with E-state index in [1.807, 2.05) is 0 Å². The summed E-state index contributed by atoms with van der Waals surface area (Å²) in [5, 5.41) is 0.194. The highest BCUT2D eigenvalue weighted by Gasteiger charge is 2.79. The topological polar surface area (TPSA) is 46.2 Å². The minimum absolute atomic E-state index is 0.0253. The Morgan fingerprint density at radius 2 is 1.52 bits per heavy atom. The van der Waals surface area contributed by atoms with Crippen LogP contribution < -0.4 is 0 Å². The monoisotopic (exact) mass is 592 g/mol. The van der Waals surface area contributed by atoms with Crippen LogP contribution in [0.4, 0.5) is 0 Å². The third kappa shape index (κ3) is 4.29. The van der Waals surface area contributed by atoms with Gasteiger partial charge in [0, 0.05) is 30.8 Å². The quantitative estimate of drug-likeness (QED) is 0.237. The Morgan fingerprint density at radius 1 is 0.925 bits per heavy atom. The average Bonchev–Trinajstić information content (AvgIpc) is 3.05. The van der Waals surface area contributed by atoms with Gasteiger partial charge < -0.3 is 23.1 Å². The highest BCUT2D eigenvalue weighted by Crippen LogP contribution is 2.74. The second kappa shape index (κ2) is 9.49. The average molecular weight is 593 g/mol. The van der Waals surface area contributed by atoms with Crippen LogP contribution in [0.1, 0.15) is 88.0 Å². The number of hydrogen-bond donors (Lipinski definition) is 0. The molecular weight excluding hydrogens is 533 g/mol. The van der Waals surface area contributed by atoms with Gasteiger partial charge in [-0.25, -0.2) is 0 Å². The molecule has 4 fully saturated rings. The maximum absolute atomic E-state index is 7.74. The van der Waals surface area contributed by atoms with E-state index in [2.05, 4.69) is 94.6 Å². The van der Waals surface area contributed by atoms with E-state index in [9.17, 15) is 0 Å². The smallest absolute Gasteiger partial charge is 0.192 e. The zero-order valence-corrected chi connectivity index (χ0v) is 30.2. The standard InChI is InChI=1S/C33H60O5Si2/c1-21-16-15-17-31(8)22(21)18-24-33-20-35-32(9,23(33)19-25(34-10)36-24)28(38-40(13,14)30(5,6)7)26(27(31)33)37-39(11,12)29(2,3)4/h16,22-28H,15,17-20H2,1-14H3/t22-,23-,24+,25-,26+,27+,28-,31-,32-,33+/m0/s1. The van der Waals surface area contributed by atoms with Crippen molar-refractivity contribution in [2.24, 2.45) is 28.6 Å². The molecular formula is C33H60O5Si2. The molecule has 7 heteroatoms. The Bertz CT molecular complexity index is 1030. The zero-order valence-electron chi connectivity index (χ0n) is 28.2. The van der Waals surface area contributed by atoms with E-state index in [-0.39, 0.29) is 45.5 Å². The van der Waals surface area contributed by atoms with Crippen LogP contribution in [0.25, 0.3) is 0 Å². The van der Waals surface area contributed by atoms with Crippen molar-refractivity contribution in [1.82, 2.24) is 0 Å². The Kier molecular flexibility index (Phi) is 7.45. The number of methoxy groups -OCH3 is 1. The molecule has 2 saturated carbocycles. The van der Waals surface area contributed by atoms with Crippen LogP contribution in [0.15, 0.2) is 11.6 Å². The summed E-state index contributed by atoms with van der Waals surface area (Å²) in [6.45, 7) is 31.9. The molecule has 0 aromatic carbocycles. The van der Waals surface area contributed by atoms with E-state index < -0.39 is 22.2 Å². The molecule has 2 aliphatic heterocycles. The fourth-order valence-electron chi connectivity index (χ4n) is 9.17. The highest BCUT2D eigenvalue weighted by molar-refractivity contribution is 6.74. The molecule has 2 heterocycles. The lowest BCUT2D eigenvalue weighted by atomic mass is 9.39. The van der Waals surface area contributed by atoms with Crippen LogP contribution in [-0.2, 0) is 23.1 Å². The molecule has 5 aliphatic rings.